The van der Waals surface area contributed by atoms with E-state index in [1.54, 1.807) is 12.1 Å². The van der Waals surface area contributed by atoms with Crippen LogP contribution >= 0.6 is 0 Å². The van der Waals surface area contributed by atoms with Crippen molar-refractivity contribution in [1.29, 1.82) is 0 Å². The van der Waals surface area contributed by atoms with Crippen LogP contribution in [0, 0.1) is 0 Å². The first-order valence-electron chi connectivity index (χ1n) is 8.74. The lowest BCUT2D eigenvalue weighted by atomic mass is 10.2. The normalized spacial score (nSPS) is 11.7. The van der Waals surface area contributed by atoms with Gasteiger partial charge in [0.25, 0.3) is 0 Å². The second kappa shape index (κ2) is 9.56. The number of anilines is 1. The molecule has 3 N–H and O–H groups in total. The van der Waals surface area contributed by atoms with Gasteiger partial charge in [0.05, 0.1) is 4.90 Å². The van der Waals surface area contributed by atoms with Gasteiger partial charge < -0.3 is 15.4 Å². The van der Waals surface area contributed by atoms with Crippen LogP contribution in [-0.4, -0.2) is 39.6 Å². The molecule has 0 amide bonds. The zero-order valence-corrected chi connectivity index (χ0v) is 16.1. The highest BCUT2D eigenvalue weighted by Gasteiger charge is 2.13. The van der Waals surface area contributed by atoms with Crippen LogP contribution in [0.3, 0.4) is 0 Å². The highest BCUT2D eigenvalue weighted by molar-refractivity contribution is 7.89. The van der Waals surface area contributed by atoms with Gasteiger partial charge >= 0.3 is 0 Å². The first kappa shape index (κ1) is 20.2. The van der Waals surface area contributed by atoms with Crippen molar-refractivity contribution in [3.63, 3.8) is 0 Å². The largest absolute Gasteiger partial charge is 0.492 e. The van der Waals surface area contributed by atoms with Crippen molar-refractivity contribution in [2.45, 2.75) is 25.3 Å². The van der Waals surface area contributed by atoms with E-state index < -0.39 is 10.0 Å². The molecule has 0 unspecified atom stereocenters. The Morgan fingerprint density at radius 1 is 1.08 bits per heavy atom. The monoisotopic (exact) mass is 377 g/mol. The lowest BCUT2D eigenvalue weighted by Gasteiger charge is -2.18. The fraction of sp³-hybridized carbons (Fsp3) is 0.368. The topological polar surface area (TPSA) is 84.7 Å². The Kier molecular flexibility index (Phi) is 7.44. The molecule has 2 rings (SSSR count). The van der Waals surface area contributed by atoms with E-state index in [4.69, 9.17) is 10.5 Å². The highest BCUT2D eigenvalue weighted by Crippen LogP contribution is 2.15. The number of rotatable bonds is 10. The summed E-state index contributed by atoms with van der Waals surface area (Å²) in [6, 6.07) is 13.6. The van der Waals surface area contributed by atoms with Crippen LogP contribution in [-0.2, 0) is 16.6 Å². The lowest BCUT2D eigenvalue weighted by Crippen LogP contribution is -2.27. The van der Waals surface area contributed by atoms with Gasteiger partial charge in [0.15, 0.2) is 0 Å². The molecule has 0 aromatic heterocycles. The quantitative estimate of drug-likeness (QED) is 0.622. The van der Waals surface area contributed by atoms with E-state index in [9.17, 15) is 8.42 Å². The SMILES string of the molecule is CCN(CC)CCOc1cccc(CNS(=O)(=O)c2ccc(N)cc2)c1. The molecule has 2 aromatic rings. The summed E-state index contributed by atoms with van der Waals surface area (Å²) < 4.78 is 33.0. The minimum absolute atomic E-state index is 0.193. The maximum absolute atomic E-state index is 12.3. The molecule has 26 heavy (non-hydrogen) atoms. The standard InChI is InChI=1S/C19H27N3O3S/c1-3-22(4-2)12-13-25-18-7-5-6-16(14-18)15-21-26(23,24)19-10-8-17(20)9-11-19/h5-11,14,21H,3-4,12-13,15,20H2,1-2H3. The fourth-order valence-corrected chi connectivity index (χ4v) is 3.50. The molecule has 0 aliphatic carbocycles. The smallest absolute Gasteiger partial charge is 0.240 e. The van der Waals surface area contributed by atoms with Crippen LogP contribution in [0.25, 0.3) is 0 Å². The molecule has 2 aromatic carbocycles. The summed E-state index contributed by atoms with van der Waals surface area (Å²) in [6.07, 6.45) is 0. The first-order chi connectivity index (χ1) is 12.4. The van der Waals surface area contributed by atoms with E-state index in [0.717, 1.165) is 30.9 Å². The van der Waals surface area contributed by atoms with Crippen LogP contribution in [0.15, 0.2) is 53.4 Å². The number of likely N-dealkylation sites (N-methyl/N-ethyl adjacent to an activating group) is 1. The number of nitrogens with one attached hydrogen (secondary N) is 1. The fourth-order valence-electron chi connectivity index (χ4n) is 2.49. The molecule has 0 radical (unpaired) electrons. The van der Waals surface area contributed by atoms with Gasteiger partial charge in [-0.25, -0.2) is 13.1 Å². The van der Waals surface area contributed by atoms with Crippen molar-refractivity contribution in [1.82, 2.24) is 9.62 Å². The number of hydrogen-bond donors (Lipinski definition) is 2. The first-order valence-corrected chi connectivity index (χ1v) is 10.2. The van der Waals surface area contributed by atoms with Crippen molar-refractivity contribution in [3.05, 3.63) is 54.1 Å². The Bertz CT molecular complexity index is 788. The van der Waals surface area contributed by atoms with E-state index >= 15 is 0 Å². The maximum atomic E-state index is 12.3. The summed E-state index contributed by atoms with van der Waals surface area (Å²) in [7, 11) is -3.58. The average molecular weight is 378 g/mol. The van der Waals surface area contributed by atoms with Crippen molar-refractivity contribution >= 4 is 15.7 Å². The minimum Gasteiger partial charge on any atom is -0.492 e. The van der Waals surface area contributed by atoms with E-state index in [1.807, 2.05) is 24.3 Å². The summed E-state index contributed by atoms with van der Waals surface area (Å²) in [6.45, 7) is 7.89. The van der Waals surface area contributed by atoms with Gasteiger partial charge in [-0.2, -0.15) is 0 Å². The van der Waals surface area contributed by atoms with E-state index in [2.05, 4.69) is 23.5 Å². The Hall–Kier alpha value is -2.09. The molecule has 6 nitrogen and oxygen atoms in total. The molecule has 0 heterocycles. The van der Waals surface area contributed by atoms with Crippen LogP contribution in [0.4, 0.5) is 5.69 Å². The van der Waals surface area contributed by atoms with Gasteiger partial charge in [0.2, 0.25) is 10.0 Å². The summed E-state index contributed by atoms with van der Waals surface area (Å²) in [5, 5.41) is 0. The van der Waals surface area contributed by atoms with Crippen LogP contribution in [0.2, 0.25) is 0 Å². The second-order valence-electron chi connectivity index (χ2n) is 5.92. The number of ether oxygens (including phenoxy) is 1. The number of nitrogen functional groups attached to an aromatic ring is 1. The van der Waals surface area contributed by atoms with Gasteiger partial charge in [-0.3, -0.25) is 0 Å². The zero-order valence-electron chi connectivity index (χ0n) is 15.3. The third-order valence-electron chi connectivity index (χ3n) is 4.13. The number of sulfonamides is 1. The lowest BCUT2D eigenvalue weighted by molar-refractivity contribution is 0.222. The molecule has 0 spiro atoms. The minimum atomic E-state index is -3.58. The maximum Gasteiger partial charge on any atom is 0.240 e. The predicted molar refractivity (Wildman–Crippen MR) is 105 cm³/mol. The average Bonchev–Trinajstić information content (AvgIpc) is 2.64. The van der Waals surface area contributed by atoms with E-state index in [-0.39, 0.29) is 11.4 Å². The summed E-state index contributed by atoms with van der Waals surface area (Å²) >= 11 is 0. The Balaban J connectivity index is 1.92. The van der Waals surface area contributed by atoms with Crippen LogP contribution in [0.5, 0.6) is 5.75 Å². The van der Waals surface area contributed by atoms with Gasteiger partial charge in [0, 0.05) is 18.8 Å². The Labute approximate surface area is 156 Å². The summed E-state index contributed by atoms with van der Waals surface area (Å²) in [4.78, 5) is 2.48. The van der Waals surface area contributed by atoms with E-state index in [1.165, 1.54) is 12.1 Å². The molecule has 0 atom stereocenters. The van der Waals surface area contributed by atoms with Crippen molar-refractivity contribution in [3.8, 4) is 5.75 Å². The van der Waals surface area contributed by atoms with Crippen LogP contribution in [0.1, 0.15) is 19.4 Å². The van der Waals surface area contributed by atoms with Gasteiger partial charge in [0.1, 0.15) is 12.4 Å². The van der Waals surface area contributed by atoms with Gasteiger partial charge in [-0.15, -0.1) is 0 Å². The van der Waals surface area contributed by atoms with Crippen molar-refractivity contribution < 1.29 is 13.2 Å². The van der Waals surface area contributed by atoms with Crippen molar-refractivity contribution in [2.75, 3.05) is 32.0 Å². The molecule has 0 saturated heterocycles. The second-order valence-corrected chi connectivity index (χ2v) is 7.68. The van der Waals surface area contributed by atoms with Crippen LogP contribution < -0.4 is 15.2 Å². The summed E-state index contributed by atoms with van der Waals surface area (Å²) in [5.74, 6) is 0.737. The molecule has 0 aliphatic heterocycles. The number of benzene rings is 2. The number of nitrogens with two attached hydrogens (primary N) is 1. The number of nitrogens with zero attached hydrogens (tertiary/aromatic N) is 1. The highest BCUT2D eigenvalue weighted by atomic mass is 32.2. The third-order valence-corrected chi connectivity index (χ3v) is 5.54. The molecule has 0 bridgehead atoms. The molecule has 0 saturated carbocycles. The molecule has 0 fully saturated rings. The molecular formula is C19H27N3O3S. The Morgan fingerprint density at radius 3 is 2.42 bits per heavy atom. The van der Waals surface area contributed by atoms with Gasteiger partial charge in [-0.05, 0) is 55.1 Å². The number of hydrogen-bond acceptors (Lipinski definition) is 5. The summed E-state index contributed by atoms with van der Waals surface area (Å²) in [5.41, 5.74) is 6.96. The molecule has 7 heteroatoms. The van der Waals surface area contributed by atoms with Crippen molar-refractivity contribution in [2.24, 2.45) is 0 Å². The molecular weight excluding hydrogens is 350 g/mol. The van der Waals surface area contributed by atoms with Gasteiger partial charge in [-0.1, -0.05) is 26.0 Å². The predicted octanol–water partition coefficient (Wildman–Crippen LogP) is 2.47. The third kappa shape index (κ3) is 6.01. The molecule has 0 aliphatic rings. The Morgan fingerprint density at radius 2 is 1.77 bits per heavy atom. The zero-order chi connectivity index (χ0) is 19.0. The molecule has 142 valence electrons. The van der Waals surface area contributed by atoms with E-state index in [0.29, 0.717) is 12.3 Å².